The van der Waals surface area contributed by atoms with Crippen molar-refractivity contribution in [3.63, 3.8) is 0 Å². The van der Waals surface area contributed by atoms with Gasteiger partial charge in [0, 0.05) is 12.7 Å². The van der Waals surface area contributed by atoms with Crippen LogP contribution < -0.4 is 14.5 Å². The molecule has 2 N–H and O–H groups in total. The molecule has 0 aliphatic carbocycles. The van der Waals surface area contributed by atoms with Gasteiger partial charge in [0.15, 0.2) is 6.54 Å². The molecule has 1 saturated heterocycles. The molecule has 3 rings (SSSR count). The van der Waals surface area contributed by atoms with Crippen LogP contribution in [0.3, 0.4) is 0 Å². The minimum absolute atomic E-state index is 0.114. The second-order valence-corrected chi connectivity index (χ2v) is 9.45. The van der Waals surface area contributed by atoms with Crippen LogP contribution in [0.2, 0.25) is 0 Å². The molecule has 2 aromatic carbocycles. The van der Waals surface area contributed by atoms with E-state index in [4.69, 9.17) is 4.74 Å². The van der Waals surface area contributed by atoms with E-state index in [1.54, 1.807) is 36.4 Å². The van der Waals surface area contributed by atoms with E-state index in [0.717, 1.165) is 18.0 Å². The van der Waals surface area contributed by atoms with Crippen LogP contribution in [-0.2, 0) is 19.6 Å². The molecule has 156 valence electrons. The summed E-state index contributed by atoms with van der Waals surface area (Å²) in [5.74, 6) is -0.146. The van der Waals surface area contributed by atoms with E-state index in [9.17, 15) is 13.2 Å². The number of para-hydroxylation sites is 1. The summed E-state index contributed by atoms with van der Waals surface area (Å²) in [6, 6.07) is 15.2. The Morgan fingerprint density at radius 3 is 2.41 bits per heavy atom. The number of sulfonamides is 1. The van der Waals surface area contributed by atoms with Gasteiger partial charge in [-0.2, -0.15) is 0 Å². The van der Waals surface area contributed by atoms with Crippen molar-refractivity contribution >= 4 is 27.3 Å². The van der Waals surface area contributed by atoms with Gasteiger partial charge in [-0.1, -0.05) is 24.3 Å². The number of benzene rings is 2. The number of hydrogen-bond donors (Lipinski definition) is 2. The van der Waals surface area contributed by atoms with Crippen LogP contribution in [-0.4, -0.2) is 53.2 Å². The molecule has 1 fully saturated rings. The number of carbonyl (C=O) groups is 1. The molecule has 1 heterocycles. The second kappa shape index (κ2) is 8.94. The van der Waals surface area contributed by atoms with Gasteiger partial charge in [-0.05, 0) is 44.2 Å². The van der Waals surface area contributed by atoms with Gasteiger partial charge in [0.05, 0.1) is 10.6 Å². The number of amides is 1. The lowest BCUT2D eigenvalue weighted by Gasteiger charge is -2.31. The van der Waals surface area contributed by atoms with Gasteiger partial charge in [-0.25, -0.2) is 8.42 Å². The van der Waals surface area contributed by atoms with Crippen LogP contribution in [0.4, 0.5) is 11.4 Å². The maximum Gasteiger partial charge on any atom is 0.279 e. The molecule has 0 bridgehead atoms. The summed E-state index contributed by atoms with van der Waals surface area (Å²) in [6.07, 6.45) is 0.229. The van der Waals surface area contributed by atoms with E-state index in [1.807, 2.05) is 19.9 Å². The molecule has 0 aromatic heterocycles. The molecule has 0 radical (unpaired) electrons. The van der Waals surface area contributed by atoms with Crippen molar-refractivity contribution in [1.29, 1.82) is 0 Å². The highest BCUT2D eigenvalue weighted by Crippen LogP contribution is 2.23. The van der Waals surface area contributed by atoms with Gasteiger partial charge in [0.1, 0.15) is 25.3 Å². The summed E-state index contributed by atoms with van der Waals surface area (Å²) in [5.41, 5.74) is 1.03. The third-order valence-electron chi connectivity index (χ3n) is 4.92. The summed E-state index contributed by atoms with van der Waals surface area (Å²) >= 11 is 0. The zero-order valence-corrected chi connectivity index (χ0v) is 17.8. The first kappa shape index (κ1) is 21.3. The number of nitrogens with one attached hydrogen (secondary N) is 2. The predicted molar refractivity (Wildman–Crippen MR) is 113 cm³/mol. The molecule has 0 saturated carbocycles. The monoisotopic (exact) mass is 418 g/mol. The standard InChI is InChI=1S/C21H27N3O4S/c1-16-13-24(14-17(2)28-16)15-21(25)22-18-8-7-11-20(12-18)29(26,27)23(3)19-9-5-4-6-10-19/h4-12,16-17H,13-15H2,1-3H3,(H,22,25)/p+1/t16-,17+. The van der Waals surface area contributed by atoms with Crippen LogP contribution in [0.25, 0.3) is 0 Å². The van der Waals surface area contributed by atoms with Crippen molar-refractivity contribution in [1.82, 2.24) is 0 Å². The summed E-state index contributed by atoms with van der Waals surface area (Å²) in [4.78, 5) is 13.8. The number of rotatable bonds is 6. The van der Waals surface area contributed by atoms with E-state index in [-0.39, 0.29) is 23.0 Å². The number of carbonyl (C=O) groups excluding carboxylic acids is 1. The van der Waals surface area contributed by atoms with Gasteiger partial charge in [0.25, 0.3) is 15.9 Å². The lowest BCUT2D eigenvalue weighted by molar-refractivity contribution is -0.907. The molecular weight excluding hydrogens is 390 g/mol. The molecule has 3 atom stereocenters. The number of ether oxygens (including phenoxy) is 1. The highest BCUT2D eigenvalue weighted by atomic mass is 32.2. The quantitative estimate of drug-likeness (QED) is 0.737. The van der Waals surface area contributed by atoms with Crippen molar-refractivity contribution in [3.05, 3.63) is 54.6 Å². The second-order valence-electron chi connectivity index (χ2n) is 7.48. The number of hydrogen-bond acceptors (Lipinski definition) is 4. The fourth-order valence-corrected chi connectivity index (χ4v) is 4.88. The first-order valence-corrected chi connectivity index (χ1v) is 11.1. The van der Waals surface area contributed by atoms with E-state index >= 15 is 0 Å². The molecule has 0 spiro atoms. The van der Waals surface area contributed by atoms with E-state index in [0.29, 0.717) is 17.9 Å². The van der Waals surface area contributed by atoms with Crippen molar-refractivity contribution in [2.75, 3.05) is 36.3 Å². The highest BCUT2D eigenvalue weighted by Gasteiger charge is 2.27. The van der Waals surface area contributed by atoms with E-state index in [1.165, 1.54) is 23.5 Å². The summed E-state index contributed by atoms with van der Waals surface area (Å²) in [5, 5.41) is 2.83. The van der Waals surface area contributed by atoms with E-state index in [2.05, 4.69) is 5.32 Å². The van der Waals surface area contributed by atoms with E-state index < -0.39 is 10.0 Å². The topological polar surface area (TPSA) is 80.2 Å². The Morgan fingerprint density at radius 1 is 1.10 bits per heavy atom. The Balaban J connectivity index is 1.70. The predicted octanol–water partition coefficient (Wildman–Crippen LogP) is 1.14. The zero-order chi connectivity index (χ0) is 21.0. The highest BCUT2D eigenvalue weighted by molar-refractivity contribution is 7.92. The maximum atomic E-state index is 13.0. The minimum atomic E-state index is -3.73. The van der Waals surface area contributed by atoms with Gasteiger partial charge < -0.3 is 15.0 Å². The number of nitrogens with zero attached hydrogens (tertiary/aromatic N) is 1. The summed E-state index contributed by atoms with van der Waals surface area (Å²) in [6.45, 7) is 5.87. The van der Waals surface area contributed by atoms with Gasteiger partial charge in [0.2, 0.25) is 0 Å². The lowest BCUT2D eigenvalue weighted by Crippen LogP contribution is -3.16. The average molecular weight is 419 g/mol. The lowest BCUT2D eigenvalue weighted by atomic mass is 10.2. The molecule has 1 amide bonds. The molecule has 8 heteroatoms. The third kappa shape index (κ3) is 5.35. The third-order valence-corrected chi connectivity index (χ3v) is 6.70. The SMILES string of the molecule is C[C@@H]1C[NH+](CC(=O)Nc2cccc(S(=O)(=O)N(C)c3ccccc3)c2)C[C@H](C)O1. The van der Waals surface area contributed by atoms with Crippen molar-refractivity contribution in [2.45, 2.75) is 31.0 Å². The van der Waals surface area contributed by atoms with Gasteiger partial charge in [-0.3, -0.25) is 9.10 Å². The van der Waals surface area contributed by atoms with Crippen molar-refractivity contribution < 1.29 is 22.8 Å². The Labute approximate surface area is 172 Å². The van der Waals surface area contributed by atoms with Crippen LogP contribution in [0.15, 0.2) is 59.5 Å². The van der Waals surface area contributed by atoms with Crippen LogP contribution in [0.5, 0.6) is 0 Å². The van der Waals surface area contributed by atoms with Crippen LogP contribution in [0, 0.1) is 0 Å². The Hall–Kier alpha value is -2.42. The maximum absolute atomic E-state index is 13.0. The van der Waals surface area contributed by atoms with Crippen LogP contribution >= 0.6 is 0 Å². The smallest absolute Gasteiger partial charge is 0.279 e. The first-order chi connectivity index (χ1) is 13.8. The normalized spacial score (nSPS) is 22.1. The first-order valence-electron chi connectivity index (χ1n) is 9.68. The van der Waals surface area contributed by atoms with Crippen molar-refractivity contribution in [3.8, 4) is 0 Å². The van der Waals surface area contributed by atoms with Gasteiger partial charge >= 0.3 is 0 Å². The van der Waals surface area contributed by atoms with Crippen molar-refractivity contribution in [2.24, 2.45) is 0 Å². The molecule has 1 aliphatic heterocycles. The molecule has 1 aliphatic rings. The zero-order valence-electron chi connectivity index (χ0n) is 17.0. The summed E-state index contributed by atoms with van der Waals surface area (Å²) in [7, 11) is -2.22. The Bertz CT molecular complexity index is 939. The fourth-order valence-electron chi connectivity index (χ4n) is 3.63. The average Bonchev–Trinajstić information content (AvgIpc) is 2.67. The molecule has 1 unspecified atom stereocenters. The Kier molecular flexibility index (Phi) is 6.56. The van der Waals surface area contributed by atoms with Crippen LogP contribution in [0.1, 0.15) is 13.8 Å². The largest absolute Gasteiger partial charge is 0.364 e. The fraction of sp³-hybridized carbons (Fsp3) is 0.381. The number of morpholine rings is 1. The summed E-state index contributed by atoms with van der Waals surface area (Å²) < 4.78 is 32.8. The number of anilines is 2. The van der Waals surface area contributed by atoms with Gasteiger partial charge in [-0.15, -0.1) is 0 Å². The molecular formula is C21H28N3O4S+. The molecule has 2 aromatic rings. The molecule has 29 heavy (non-hydrogen) atoms. The minimum Gasteiger partial charge on any atom is -0.364 e. The number of quaternary nitrogens is 1. The Morgan fingerprint density at radius 2 is 1.76 bits per heavy atom. The molecule has 7 nitrogen and oxygen atoms in total.